The summed E-state index contributed by atoms with van der Waals surface area (Å²) >= 11 is 0. The van der Waals surface area contributed by atoms with Crippen molar-refractivity contribution < 1.29 is 35.9 Å². The summed E-state index contributed by atoms with van der Waals surface area (Å²) in [4.78, 5) is 11.4. The Morgan fingerprint density at radius 1 is 0.944 bits per heavy atom. The molecule has 0 spiro atoms. The van der Waals surface area contributed by atoms with Gasteiger partial charge in [-0.2, -0.15) is 26.3 Å². The number of rotatable bonds is 2. The molecule has 0 saturated carbocycles. The first-order valence-corrected chi connectivity index (χ1v) is 4.93. The molecule has 0 radical (unpaired) electrons. The lowest BCUT2D eigenvalue weighted by Gasteiger charge is -2.40. The molecule has 8 heteroatoms. The van der Waals surface area contributed by atoms with E-state index in [4.69, 9.17) is 0 Å². The fraction of sp³-hybridized carbons (Fsp3) is 0.900. The van der Waals surface area contributed by atoms with Crippen molar-refractivity contribution in [2.75, 3.05) is 6.61 Å². The van der Waals surface area contributed by atoms with Gasteiger partial charge in [0, 0.05) is 0 Å². The number of halogens is 6. The fourth-order valence-electron chi connectivity index (χ4n) is 1.14. The number of alkyl halides is 6. The van der Waals surface area contributed by atoms with E-state index >= 15 is 0 Å². The Morgan fingerprint density at radius 2 is 1.33 bits per heavy atom. The highest BCUT2D eigenvalue weighted by Crippen LogP contribution is 2.51. The lowest BCUT2D eigenvalue weighted by atomic mass is 9.67. The van der Waals surface area contributed by atoms with Crippen LogP contribution in [0.2, 0.25) is 0 Å². The predicted octanol–water partition coefficient (Wildman–Crippen LogP) is 3.71. The average Bonchev–Trinajstić information content (AvgIpc) is 2.07. The molecule has 0 fully saturated rings. The Balaban J connectivity index is 5.21. The number of carbonyl (C=O) groups excluding carboxylic acids is 1. The highest BCUT2D eigenvalue weighted by Gasteiger charge is 2.64. The van der Waals surface area contributed by atoms with Crippen LogP contribution in [0.5, 0.6) is 0 Å². The monoisotopic (exact) mass is 280 g/mol. The van der Waals surface area contributed by atoms with Gasteiger partial charge in [-0.25, -0.2) is 0 Å². The number of hydrogen-bond donors (Lipinski definition) is 0. The van der Waals surface area contributed by atoms with E-state index < -0.39 is 35.8 Å². The lowest BCUT2D eigenvalue weighted by molar-refractivity contribution is -0.262. The Morgan fingerprint density at radius 3 is 1.56 bits per heavy atom. The maximum Gasteiger partial charge on any atom is 0.422 e. The van der Waals surface area contributed by atoms with Gasteiger partial charge >= 0.3 is 18.3 Å². The van der Waals surface area contributed by atoms with Gasteiger partial charge in [0.25, 0.3) is 0 Å². The highest BCUT2D eigenvalue weighted by molar-refractivity contribution is 5.78. The summed E-state index contributed by atoms with van der Waals surface area (Å²) in [5, 5.41) is 0. The van der Waals surface area contributed by atoms with Gasteiger partial charge < -0.3 is 4.74 Å². The van der Waals surface area contributed by atoms with Crippen LogP contribution >= 0.6 is 0 Å². The van der Waals surface area contributed by atoms with Crippen LogP contribution in [0.15, 0.2) is 0 Å². The van der Waals surface area contributed by atoms with Crippen LogP contribution in [0.1, 0.15) is 27.7 Å². The van der Waals surface area contributed by atoms with Gasteiger partial charge in [-0.1, -0.05) is 20.8 Å². The molecule has 0 aliphatic heterocycles. The predicted molar refractivity (Wildman–Crippen MR) is 50.6 cm³/mol. The molecule has 1 unspecified atom stereocenters. The second-order valence-corrected chi connectivity index (χ2v) is 5.06. The van der Waals surface area contributed by atoms with Crippen LogP contribution in [0, 0.1) is 10.8 Å². The Hall–Kier alpha value is -0.950. The summed E-state index contributed by atoms with van der Waals surface area (Å²) in [5.41, 5.74) is -4.64. The van der Waals surface area contributed by atoms with Gasteiger partial charge in [0.2, 0.25) is 0 Å². The molecule has 108 valence electrons. The standard InChI is InChI=1S/C10H14F6O2/c1-7(2,3)8(4,10(14,15)16)6(17)18-5-9(11,12)13/h5H2,1-4H3. The molecule has 2 nitrogen and oxygen atoms in total. The number of ether oxygens (including phenoxy) is 1. The van der Waals surface area contributed by atoms with Crippen molar-refractivity contribution >= 4 is 5.97 Å². The largest absolute Gasteiger partial charge is 0.455 e. The first-order chi connectivity index (χ1) is 7.63. The summed E-state index contributed by atoms with van der Waals surface area (Å²) in [6.45, 7) is 1.82. The van der Waals surface area contributed by atoms with Gasteiger partial charge in [-0.05, 0) is 12.3 Å². The quantitative estimate of drug-likeness (QED) is 0.569. The van der Waals surface area contributed by atoms with Gasteiger partial charge in [0.05, 0.1) is 0 Å². The highest BCUT2D eigenvalue weighted by atomic mass is 19.4. The second kappa shape index (κ2) is 4.62. The van der Waals surface area contributed by atoms with E-state index in [1.54, 1.807) is 0 Å². The summed E-state index contributed by atoms with van der Waals surface area (Å²) < 4.78 is 77.9. The summed E-state index contributed by atoms with van der Waals surface area (Å²) in [5.74, 6) is -1.93. The summed E-state index contributed by atoms with van der Waals surface area (Å²) in [6, 6.07) is 0. The fourth-order valence-corrected chi connectivity index (χ4v) is 1.14. The topological polar surface area (TPSA) is 26.3 Å². The smallest absolute Gasteiger partial charge is 0.422 e. The zero-order chi connectivity index (χ0) is 15.0. The van der Waals surface area contributed by atoms with Gasteiger partial charge in [0.15, 0.2) is 12.0 Å². The van der Waals surface area contributed by atoms with E-state index in [1.165, 1.54) is 0 Å². The van der Waals surface area contributed by atoms with Crippen molar-refractivity contribution in [3.05, 3.63) is 0 Å². The number of carbonyl (C=O) groups is 1. The molecule has 18 heavy (non-hydrogen) atoms. The van der Waals surface area contributed by atoms with Crippen LogP contribution in [0.4, 0.5) is 26.3 Å². The Bertz CT molecular complexity index is 296. The molecule has 0 aromatic carbocycles. The molecule has 0 amide bonds. The first-order valence-electron chi connectivity index (χ1n) is 4.93. The average molecular weight is 280 g/mol. The summed E-state index contributed by atoms with van der Waals surface area (Å²) in [6.07, 6.45) is -9.87. The van der Waals surface area contributed by atoms with Crippen LogP contribution in [0.25, 0.3) is 0 Å². The second-order valence-electron chi connectivity index (χ2n) is 5.06. The first kappa shape index (κ1) is 17.1. The van der Waals surface area contributed by atoms with Crippen LogP contribution in [0.3, 0.4) is 0 Å². The third-order valence-corrected chi connectivity index (χ3v) is 2.84. The van der Waals surface area contributed by atoms with E-state index in [0.717, 1.165) is 20.8 Å². The van der Waals surface area contributed by atoms with Crippen molar-refractivity contribution in [3.63, 3.8) is 0 Å². The van der Waals surface area contributed by atoms with E-state index in [2.05, 4.69) is 4.74 Å². The van der Waals surface area contributed by atoms with Gasteiger partial charge in [-0.15, -0.1) is 0 Å². The van der Waals surface area contributed by atoms with Crippen molar-refractivity contribution in [2.45, 2.75) is 40.0 Å². The maximum atomic E-state index is 12.9. The van der Waals surface area contributed by atoms with Crippen LogP contribution in [-0.4, -0.2) is 24.9 Å². The van der Waals surface area contributed by atoms with E-state index in [-0.39, 0.29) is 0 Å². The van der Waals surface area contributed by atoms with Gasteiger partial charge in [-0.3, -0.25) is 4.79 Å². The molecule has 0 bridgehead atoms. The van der Waals surface area contributed by atoms with Crippen molar-refractivity contribution in [1.29, 1.82) is 0 Å². The van der Waals surface area contributed by atoms with Crippen molar-refractivity contribution in [3.8, 4) is 0 Å². The Kier molecular flexibility index (Phi) is 4.38. The zero-order valence-electron chi connectivity index (χ0n) is 10.3. The number of hydrogen-bond acceptors (Lipinski definition) is 2. The van der Waals surface area contributed by atoms with Crippen LogP contribution < -0.4 is 0 Å². The van der Waals surface area contributed by atoms with E-state index in [0.29, 0.717) is 6.92 Å². The van der Waals surface area contributed by atoms with Crippen molar-refractivity contribution in [1.82, 2.24) is 0 Å². The third kappa shape index (κ3) is 3.52. The maximum absolute atomic E-state index is 12.9. The third-order valence-electron chi connectivity index (χ3n) is 2.84. The molecule has 0 rings (SSSR count). The molecule has 1 atom stereocenters. The minimum atomic E-state index is -5.01. The summed E-state index contributed by atoms with van der Waals surface area (Å²) in [7, 11) is 0. The van der Waals surface area contributed by atoms with Crippen LogP contribution in [-0.2, 0) is 9.53 Å². The molecular formula is C10H14F6O2. The lowest BCUT2D eigenvalue weighted by Crippen LogP contribution is -2.53. The molecular weight excluding hydrogens is 266 g/mol. The molecule has 0 heterocycles. The molecule has 0 aromatic rings. The molecule has 0 aromatic heterocycles. The minimum Gasteiger partial charge on any atom is -0.455 e. The molecule has 0 aliphatic rings. The van der Waals surface area contributed by atoms with E-state index in [1.807, 2.05) is 0 Å². The molecule has 0 saturated heterocycles. The SMILES string of the molecule is CC(C)(C)C(C)(C(=O)OCC(F)(F)F)C(F)(F)F. The molecule has 0 aliphatic carbocycles. The molecule has 0 N–H and O–H groups in total. The van der Waals surface area contributed by atoms with Gasteiger partial charge in [0.1, 0.15) is 0 Å². The zero-order valence-corrected chi connectivity index (χ0v) is 10.3. The van der Waals surface area contributed by atoms with Crippen molar-refractivity contribution in [2.24, 2.45) is 10.8 Å². The minimum absolute atomic E-state index is 0.533. The Labute approximate surface area is 100 Å². The van der Waals surface area contributed by atoms with E-state index in [9.17, 15) is 31.1 Å². The number of esters is 1. The normalized spacial score (nSPS) is 17.2.